The zero-order valence-corrected chi connectivity index (χ0v) is 21.5. The first-order valence-corrected chi connectivity index (χ1v) is 13.1. The topological polar surface area (TPSA) is 122 Å². The van der Waals surface area contributed by atoms with E-state index in [1.54, 1.807) is 30.7 Å². The van der Waals surface area contributed by atoms with Crippen LogP contribution in [0.25, 0.3) is 0 Å². The molecule has 0 bridgehead atoms. The molecule has 1 aromatic carbocycles. The molecule has 3 rings (SSSR count). The number of nitrogens with two attached hydrogens (primary N) is 1. The maximum Gasteiger partial charge on any atom is 0.239 e. The number of hydrogen-bond donors (Lipinski definition) is 4. The second-order valence-electron chi connectivity index (χ2n) is 8.15. The number of halogens is 1. The maximum absolute atomic E-state index is 12.9. The minimum absolute atomic E-state index is 0.122. The second kappa shape index (κ2) is 15.2. The van der Waals surface area contributed by atoms with E-state index in [9.17, 15) is 9.59 Å². The SMILES string of the molecule is NCc1ccc(Cl)cc1CNC(=O)CNC(=O)C(CCCc1ccccn1)NSCc1cccnc1. The van der Waals surface area contributed by atoms with Crippen LogP contribution in [0.3, 0.4) is 0 Å². The van der Waals surface area contributed by atoms with Crippen molar-refractivity contribution < 1.29 is 9.59 Å². The fraction of sp³-hybridized carbons (Fsp3) is 0.308. The summed E-state index contributed by atoms with van der Waals surface area (Å²) in [6.07, 6.45) is 7.43. The monoisotopic (exact) mass is 526 g/mol. The molecule has 0 radical (unpaired) electrons. The zero-order chi connectivity index (χ0) is 25.6. The first kappa shape index (κ1) is 27.6. The normalized spacial score (nSPS) is 11.6. The van der Waals surface area contributed by atoms with Gasteiger partial charge in [-0.2, -0.15) is 0 Å². The molecule has 0 aliphatic heterocycles. The summed E-state index contributed by atoms with van der Waals surface area (Å²) in [5.41, 5.74) is 9.56. The molecular formula is C26H31ClN6O2S. The number of pyridine rings is 2. The van der Waals surface area contributed by atoms with Crippen LogP contribution >= 0.6 is 23.5 Å². The minimum atomic E-state index is -0.458. The molecule has 5 N–H and O–H groups in total. The Balaban J connectivity index is 1.49. The molecule has 0 aliphatic rings. The average molecular weight is 527 g/mol. The largest absolute Gasteiger partial charge is 0.350 e. The molecule has 1 unspecified atom stereocenters. The first-order chi connectivity index (χ1) is 17.5. The average Bonchev–Trinajstić information content (AvgIpc) is 2.91. The number of carbonyl (C=O) groups excluding carboxylic acids is 2. The van der Waals surface area contributed by atoms with Crippen molar-refractivity contribution in [1.29, 1.82) is 0 Å². The Hall–Kier alpha value is -2.98. The molecule has 1 atom stereocenters. The Morgan fingerprint density at radius 3 is 2.69 bits per heavy atom. The molecule has 8 nitrogen and oxygen atoms in total. The van der Waals surface area contributed by atoms with Crippen LogP contribution in [0.15, 0.2) is 67.1 Å². The number of aromatic nitrogens is 2. The summed E-state index contributed by atoms with van der Waals surface area (Å²) in [6, 6.07) is 14.6. The lowest BCUT2D eigenvalue weighted by Crippen LogP contribution is -2.45. The fourth-order valence-corrected chi connectivity index (χ4v) is 4.53. The van der Waals surface area contributed by atoms with Gasteiger partial charge in [0.15, 0.2) is 0 Å². The van der Waals surface area contributed by atoms with Gasteiger partial charge in [0.1, 0.15) is 0 Å². The van der Waals surface area contributed by atoms with E-state index in [1.165, 1.54) is 11.9 Å². The van der Waals surface area contributed by atoms with Crippen molar-refractivity contribution in [3.05, 3.63) is 94.5 Å². The standard InChI is InChI=1S/C26H31ClN6O2S/c27-22-10-9-20(14-28)21(13-22)16-31-25(34)17-32-26(35)24(8-3-7-23-6-1-2-12-30-23)33-36-18-19-5-4-11-29-15-19/h1-2,4-6,9-13,15,24,33H,3,7-8,14,16-18,28H2,(H,31,34)(H,32,35). The number of benzene rings is 1. The van der Waals surface area contributed by atoms with E-state index in [0.29, 0.717) is 23.7 Å². The number of amides is 2. The van der Waals surface area contributed by atoms with Gasteiger partial charge in [-0.05, 0) is 66.3 Å². The molecule has 2 heterocycles. The Kier molecular flexibility index (Phi) is 11.7. The summed E-state index contributed by atoms with van der Waals surface area (Å²) >= 11 is 7.51. The van der Waals surface area contributed by atoms with Crippen molar-refractivity contribution >= 4 is 35.4 Å². The number of aryl methyl sites for hydroxylation is 1. The third kappa shape index (κ3) is 9.58. The Morgan fingerprint density at radius 1 is 1.06 bits per heavy atom. The summed E-state index contributed by atoms with van der Waals surface area (Å²) < 4.78 is 3.25. The number of nitrogens with one attached hydrogen (secondary N) is 3. The molecular weight excluding hydrogens is 496 g/mol. The van der Waals surface area contributed by atoms with Crippen molar-refractivity contribution in [1.82, 2.24) is 25.3 Å². The van der Waals surface area contributed by atoms with Gasteiger partial charge in [0.2, 0.25) is 11.8 Å². The molecule has 0 fully saturated rings. The highest BCUT2D eigenvalue weighted by Crippen LogP contribution is 2.16. The van der Waals surface area contributed by atoms with Crippen LogP contribution in [0.1, 0.15) is 35.2 Å². The minimum Gasteiger partial charge on any atom is -0.350 e. The maximum atomic E-state index is 12.9. The van der Waals surface area contributed by atoms with Gasteiger partial charge < -0.3 is 16.4 Å². The van der Waals surface area contributed by atoms with Gasteiger partial charge in [0, 0.05) is 48.1 Å². The Morgan fingerprint density at radius 2 is 1.94 bits per heavy atom. The Labute approximate surface area is 221 Å². The first-order valence-electron chi connectivity index (χ1n) is 11.7. The van der Waals surface area contributed by atoms with Crippen molar-refractivity contribution in [2.24, 2.45) is 5.73 Å². The summed E-state index contributed by atoms with van der Waals surface area (Å²) in [7, 11) is 0. The molecule has 10 heteroatoms. The van der Waals surface area contributed by atoms with Crippen molar-refractivity contribution in [3.8, 4) is 0 Å². The zero-order valence-electron chi connectivity index (χ0n) is 20.0. The lowest BCUT2D eigenvalue weighted by atomic mass is 10.1. The van der Waals surface area contributed by atoms with Crippen LogP contribution in [0.2, 0.25) is 5.02 Å². The molecule has 2 amide bonds. The highest BCUT2D eigenvalue weighted by molar-refractivity contribution is 7.96. The highest BCUT2D eigenvalue weighted by atomic mass is 35.5. The van der Waals surface area contributed by atoms with Crippen molar-refractivity contribution in [2.45, 2.75) is 44.1 Å². The molecule has 3 aromatic rings. The van der Waals surface area contributed by atoms with Gasteiger partial charge in [-0.25, -0.2) is 0 Å². The highest BCUT2D eigenvalue weighted by Gasteiger charge is 2.19. The van der Waals surface area contributed by atoms with E-state index >= 15 is 0 Å². The predicted molar refractivity (Wildman–Crippen MR) is 144 cm³/mol. The molecule has 190 valence electrons. The van der Waals surface area contributed by atoms with Crippen LogP contribution in [-0.2, 0) is 34.9 Å². The van der Waals surface area contributed by atoms with Crippen LogP contribution < -0.4 is 21.1 Å². The van der Waals surface area contributed by atoms with E-state index in [0.717, 1.165) is 35.2 Å². The van der Waals surface area contributed by atoms with E-state index in [2.05, 4.69) is 25.3 Å². The fourth-order valence-electron chi connectivity index (χ4n) is 3.49. The third-order valence-corrected chi connectivity index (χ3v) is 6.61. The second-order valence-corrected chi connectivity index (χ2v) is 9.39. The van der Waals surface area contributed by atoms with Gasteiger partial charge in [-0.1, -0.05) is 41.7 Å². The predicted octanol–water partition coefficient (Wildman–Crippen LogP) is 3.15. The van der Waals surface area contributed by atoms with Crippen LogP contribution in [0.5, 0.6) is 0 Å². The van der Waals surface area contributed by atoms with Crippen molar-refractivity contribution in [2.75, 3.05) is 6.54 Å². The summed E-state index contributed by atoms with van der Waals surface area (Å²) in [6.45, 7) is 0.513. The molecule has 0 saturated carbocycles. The van der Waals surface area contributed by atoms with E-state index in [-0.39, 0.29) is 24.9 Å². The number of nitrogens with zero attached hydrogens (tertiary/aromatic N) is 2. The molecule has 0 spiro atoms. The van der Waals surface area contributed by atoms with Crippen LogP contribution in [0.4, 0.5) is 0 Å². The van der Waals surface area contributed by atoms with Gasteiger partial charge in [-0.3, -0.25) is 24.3 Å². The molecule has 36 heavy (non-hydrogen) atoms. The van der Waals surface area contributed by atoms with Gasteiger partial charge in [0.05, 0.1) is 12.6 Å². The van der Waals surface area contributed by atoms with Crippen LogP contribution in [0, 0.1) is 0 Å². The number of carbonyl (C=O) groups is 2. The molecule has 2 aromatic heterocycles. The van der Waals surface area contributed by atoms with Gasteiger partial charge in [-0.15, -0.1) is 0 Å². The molecule has 0 aliphatic carbocycles. The van der Waals surface area contributed by atoms with E-state index in [1.807, 2.05) is 36.4 Å². The lowest BCUT2D eigenvalue weighted by Gasteiger charge is -2.18. The van der Waals surface area contributed by atoms with Gasteiger partial charge in [0.25, 0.3) is 0 Å². The van der Waals surface area contributed by atoms with Crippen molar-refractivity contribution in [3.63, 3.8) is 0 Å². The number of hydrogen-bond acceptors (Lipinski definition) is 7. The van der Waals surface area contributed by atoms with E-state index in [4.69, 9.17) is 17.3 Å². The number of rotatable bonds is 14. The summed E-state index contributed by atoms with van der Waals surface area (Å²) in [5, 5.41) is 6.14. The Bertz CT molecular complexity index is 1060. The third-order valence-electron chi connectivity index (χ3n) is 5.44. The summed E-state index contributed by atoms with van der Waals surface area (Å²) in [5.74, 6) is 0.151. The summed E-state index contributed by atoms with van der Waals surface area (Å²) in [4.78, 5) is 33.8. The van der Waals surface area contributed by atoms with Gasteiger partial charge >= 0.3 is 0 Å². The lowest BCUT2D eigenvalue weighted by molar-refractivity contribution is -0.127. The van der Waals surface area contributed by atoms with E-state index < -0.39 is 6.04 Å². The smallest absolute Gasteiger partial charge is 0.239 e. The van der Waals surface area contributed by atoms with Crippen LogP contribution in [-0.4, -0.2) is 34.4 Å². The quantitative estimate of drug-likeness (QED) is 0.238. The molecule has 0 saturated heterocycles.